The van der Waals surface area contributed by atoms with Crippen molar-refractivity contribution in [1.29, 1.82) is 0 Å². The van der Waals surface area contributed by atoms with Crippen molar-refractivity contribution in [3.8, 4) is 11.4 Å². The Balaban J connectivity index is 1.62. The summed E-state index contributed by atoms with van der Waals surface area (Å²) in [5.41, 5.74) is 1.85. The molecule has 0 aliphatic carbocycles. The first-order valence-electron chi connectivity index (χ1n) is 11.5. The number of amides is 1. The number of pyridine rings is 1. The molecule has 0 saturated heterocycles. The van der Waals surface area contributed by atoms with Gasteiger partial charge in [-0.2, -0.15) is 18.3 Å². The number of carbonyl (C=O) groups is 1. The third kappa shape index (κ3) is 4.81. The molecule has 0 fully saturated rings. The first-order chi connectivity index (χ1) is 18.5. The highest BCUT2D eigenvalue weighted by atomic mass is 32.2. The van der Waals surface area contributed by atoms with E-state index in [1.807, 2.05) is 30.3 Å². The van der Waals surface area contributed by atoms with Crippen LogP contribution < -0.4 is 5.48 Å². The van der Waals surface area contributed by atoms with Gasteiger partial charge >= 0.3 is 6.18 Å². The Morgan fingerprint density at radius 1 is 1.10 bits per heavy atom. The molecule has 0 unspecified atom stereocenters. The number of fused-ring (bicyclic) bond motifs is 2. The van der Waals surface area contributed by atoms with Crippen molar-refractivity contribution < 1.29 is 31.2 Å². The molecule has 0 bridgehead atoms. The second-order valence-corrected chi connectivity index (χ2v) is 10.6. The number of aromatic nitrogens is 6. The number of alkyl halides is 3. The third-order valence-electron chi connectivity index (χ3n) is 5.90. The van der Waals surface area contributed by atoms with Crippen LogP contribution in [-0.2, 0) is 34.5 Å². The summed E-state index contributed by atoms with van der Waals surface area (Å²) >= 11 is 0. The monoisotopic (exact) mass is 559 g/mol. The van der Waals surface area contributed by atoms with E-state index in [0.29, 0.717) is 6.20 Å². The predicted octanol–water partition coefficient (Wildman–Crippen LogP) is 3.35. The second-order valence-electron chi connectivity index (χ2n) is 8.41. The maximum Gasteiger partial charge on any atom is 0.417 e. The van der Waals surface area contributed by atoms with Crippen molar-refractivity contribution in [2.45, 2.75) is 24.7 Å². The summed E-state index contributed by atoms with van der Waals surface area (Å²) in [6.07, 6.45) is -2.70. The Hall–Kier alpha value is -4.37. The van der Waals surface area contributed by atoms with Gasteiger partial charge in [0.05, 0.1) is 17.9 Å². The average molecular weight is 560 g/mol. The minimum absolute atomic E-state index is 0.0377. The predicted molar refractivity (Wildman–Crippen MR) is 132 cm³/mol. The molecule has 5 rings (SSSR count). The molecule has 4 heterocycles. The van der Waals surface area contributed by atoms with Gasteiger partial charge < -0.3 is 4.57 Å². The fourth-order valence-corrected chi connectivity index (χ4v) is 4.89. The molecule has 0 spiro atoms. The molecule has 1 aromatic carbocycles. The zero-order valence-corrected chi connectivity index (χ0v) is 21.3. The zero-order chi connectivity index (χ0) is 27.9. The Bertz CT molecular complexity index is 1820. The summed E-state index contributed by atoms with van der Waals surface area (Å²) in [5.74, 6) is -1.11. The summed E-state index contributed by atoms with van der Waals surface area (Å²) in [5, 5.41) is 3.75. The summed E-state index contributed by atoms with van der Waals surface area (Å²) in [6, 6.07) is 11.2. The van der Waals surface area contributed by atoms with Crippen LogP contribution in [0.2, 0.25) is 0 Å². The Labute approximate surface area is 219 Å². The molecule has 0 radical (unpaired) electrons. The SMILES string of the molecule is CCS(=O)(=O)c1nn2c(C(=O)NOCc3ccccc3)ccnc2c1-c1nc2cc(C(F)(F)F)cnc2n1C. The van der Waals surface area contributed by atoms with E-state index in [1.165, 1.54) is 30.8 Å². The lowest BCUT2D eigenvalue weighted by Gasteiger charge is -2.07. The number of aryl methyl sites for hydroxylation is 1. The van der Waals surface area contributed by atoms with Crippen LogP contribution >= 0.6 is 0 Å². The van der Waals surface area contributed by atoms with Gasteiger partial charge in [-0.05, 0) is 17.7 Å². The van der Waals surface area contributed by atoms with Gasteiger partial charge in [0, 0.05) is 19.4 Å². The highest BCUT2D eigenvalue weighted by Gasteiger charge is 2.33. The first-order valence-corrected chi connectivity index (χ1v) is 13.1. The number of sulfone groups is 1. The average Bonchev–Trinajstić information content (AvgIpc) is 3.46. The summed E-state index contributed by atoms with van der Waals surface area (Å²) in [6.45, 7) is 1.49. The van der Waals surface area contributed by atoms with Crippen molar-refractivity contribution >= 4 is 32.6 Å². The standard InChI is InChI=1S/C24H20F3N7O4S/c1-3-39(36,37)23-18(21-30-16-11-15(24(25,26)27)12-29-19(16)33(21)2)20-28-10-9-17(34(20)31-23)22(35)32-38-13-14-7-5-4-6-8-14/h4-12H,3,13H2,1-2H3,(H,32,35). The Morgan fingerprint density at radius 3 is 2.54 bits per heavy atom. The number of carbonyl (C=O) groups excluding carboxylic acids is 1. The lowest BCUT2D eigenvalue weighted by atomic mass is 10.2. The highest BCUT2D eigenvalue weighted by molar-refractivity contribution is 7.91. The van der Waals surface area contributed by atoms with Gasteiger partial charge in [0.25, 0.3) is 5.91 Å². The van der Waals surface area contributed by atoms with Gasteiger partial charge in [-0.1, -0.05) is 37.3 Å². The molecule has 1 N–H and O–H groups in total. The smallest absolute Gasteiger partial charge is 0.312 e. The van der Waals surface area contributed by atoms with Crippen molar-refractivity contribution in [1.82, 2.24) is 34.6 Å². The van der Waals surface area contributed by atoms with E-state index in [0.717, 1.165) is 16.1 Å². The molecule has 1 amide bonds. The topological polar surface area (TPSA) is 133 Å². The minimum atomic E-state index is -4.65. The van der Waals surface area contributed by atoms with E-state index >= 15 is 0 Å². The number of nitrogens with one attached hydrogen (secondary N) is 1. The fraction of sp³-hybridized carbons (Fsp3) is 0.208. The Morgan fingerprint density at radius 2 is 1.85 bits per heavy atom. The number of benzene rings is 1. The second kappa shape index (κ2) is 9.74. The van der Waals surface area contributed by atoms with E-state index in [-0.39, 0.29) is 46.3 Å². The number of hydrogen-bond donors (Lipinski definition) is 1. The Kier molecular flexibility index (Phi) is 6.56. The van der Waals surface area contributed by atoms with Crippen LogP contribution in [0.1, 0.15) is 28.5 Å². The van der Waals surface area contributed by atoms with Crippen LogP contribution in [0.25, 0.3) is 28.2 Å². The van der Waals surface area contributed by atoms with Gasteiger partial charge in [-0.25, -0.2) is 33.4 Å². The minimum Gasteiger partial charge on any atom is -0.312 e. The number of halogens is 3. The van der Waals surface area contributed by atoms with Crippen LogP contribution in [0.3, 0.4) is 0 Å². The number of nitrogens with zero attached hydrogens (tertiary/aromatic N) is 6. The molecule has 0 atom stereocenters. The molecule has 202 valence electrons. The van der Waals surface area contributed by atoms with Crippen molar-refractivity contribution in [2.75, 3.05) is 5.75 Å². The van der Waals surface area contributed by atoms with Gasteiger partial charge in [0.1, 0.15) is 22.6 Å². The molecular weight excluding hydrogens is 539 g/mol. The highest BCUT2D eigenvalue weighted by Crippen LogP contribution is 2.35. The van der Waals surface area contributed by atoms with Crippen LogP contribution in [0, 0.1) is 0 Å². The quantitative estimate of drug-likeness (QED) is 0.300. The van der Waals surface area contributed by atoms with Gasteiger partial charge in [-0.15, -0.1) is 0 Å². The fourth-order valence-electron chi connectivity index (χ4n) is 3.91. The van der Waals surface area contributed by atoms with Crippen LogP contribution in [-0.4, -0.2) is 49.2 Å². The molecule has 39 heavy (non-hydrogen) atoms. The third-order valence-corrected chi connectivity index (χ3v) is 7.54. The van der Waals surface area contributed by atoms with Crippen molar-refractivity contribution in [3.05, 3.63) is 71.7 Å². The van der Waals surface area contributed by atoms with Gasteiger partial charge in [0.15, 0.2) is 26.2 Å². The van der Waals surface area contributed by atoms with E-state index in [1.54, 1.807) is 0 Å². The van der Waals surface area contributed by atoms with E-state index in [2.05, 4.69) is 25.5 Å². The number of hydroxylamine groups is 1. The summed E-state index contributed by atoms with van der Waals surface area (Å²) < 4.78 is 68.2. The molecule has 4 aromatic heterocycles. The van der Waals surface area contributed by atoms with E-state index in [4.69, 9.17) is 4.84 Å². The number of hydrogen-bond acceptors (Lipinski definition) is 8. The maximum atomic E-state index is 13.3. The lowest BCUT2D eigenvalue weighted by Crippen LogP contribution is -2.26. The normalized spacial score (nSPS) is 12.3. The lowest BCUT2D eigenvalue weighted by molar-refractivity contribution is -0.137. The van der Waals surface area contributed by atoms with Crippen LogP contribution in [0.4, 0.5) is 13.2 Å². The van der Waals surface area contributed by atoms with Crippen molar-refractivity contribution in [3.63, 3.8) is 0 Å². The molecule has 0 aliphatic heterocycles. The van der Waals surface area contributed by atoms with E-state index < -0.39 is 32.5 Å². The van der Waals surface area contributed by atoms with Crippen LogP contribution in [0.15, 0.2) is 59.9 Å². The molecular formula is C24H20F3N7O4S. The van der Waals surface area contributed by atoms with Gasteiger partial charge in [0.2, 0.25) is 0 Å². The summed E-state index contributed by atoms with van der Waals surface area (Å²) in [4.78, 5) is 30.6. The van der Waals surface area contributed by atoms with Crippen LogP contribution in [0.5, 0.6) is 0 Å². The van der Waals surface area contributed by atoms with Crippen molar-refractivity contribution in [2.24, 2.45) is 7.05 Å². The molecule has 0 saturated carbocycles. The van der Waals surface area contributed by atoms with Gasteiger partial charge in [-0.3, -0.25) is 9.63 Å². The molecule has 0 aliphatic rings. The molecule has 15 heteroatoms. The maximum absolute atomic E-state index is 13.3. The number of imidazole rings is 1. The molecule has 5 aromatic rings. The zero-order valence-electron chi connectivity index (χ0n) is 20.5. The molecule has 11 nitrogen and oxygen atoms in total. The van der Waals surface area contributed by atoms with E-state index in [9.17, 15) is 26.4 Å². The number of rotatable bonds is 7. The summed E-state index contributed by atoms with van der Waals surface area (Å²) in [7, 11) is -2.53. The first kappa shape index (κ1) is 26.2. The largest absolute Gasteiger partial charge is 0.417 e.